The molecule has 4 aromatic rings. The maximum absolute atomic E-state index is 11.2. The molecule has 0 aliphatic heterocycles. The minimum absolute atomic E-state index is 0.171. The van der Waals surface area contributed by atoms with Crippen LogP contribution in [0, 0.1) is 6.92 Å². The molecule has 0 bridgehead atoms. The van der Waals surface area contributed by atoms with Gasteiger partial charge in [-0.2, -0.15) is 5.10 Å². The number of halogens is 1. The smallest absolute Gasteiger partial charge is 0.149 e. The molecule has 0 saturated carbocycles. The third-order valence-corrected chi connectivity index (χ3v) is 4.75. The van der Waals surface area contributed by atoms with Crippen LogP contribution in [0.2, 0.25) is 5.02 Å². The minimum atomic E-state index is 0.171. The van der Waals surface area contributed by atoms with Crippen molar-refractivity contribution in [2.45, 2.75) is 6.92 Å². The molecule has 28 heavy (non-hydrogen) atoms. The highest BCUT2D eigenvalue weighted by Crippen LogP contribution is 2.31. The SMILES string of the molecule is Cc1cc(-c2ccc(Cl)cc2)n(/C(=C(/O)c2ccccc2)c2ccccc2)n1. The zero-order valence-corrected chi connectivity index (χ0v) is 16.1. The number of hydrogen-bond acceptors (Lipinski definition) is 2. The summed E-state index contributed by atoms with van der Waals surface area (Å²) in [7, 11) is 0. The van der Waals surface area contributed by atoms with E-state index in [1.807, 2.05) is 97.9 Å². The van der Waals surface area contributed by atoms with Crippen molar-refractivity contribution in [3.8, 4) is 11.3 Å². The van der Waals surface area contributed by atoms with E-state index in [9.17, 15) is 5.11 Å². The summed E-state index contributed by atoms with van der Waals surface area (Å²) in [5.41, 5.74) is 4.96. The molecule has 1 N–H and O–H groups in total. The van der Waals surface area contributed by atoms with Crippen molar-refractivity contribution in [3.63, 3.8) is 0 Å². The molecule has 0 saturated heterocycles. The van der Waals surface area contributed by atoms with Crippen LogP contribution >= 0.6 is 11.6 Å². The zero-order valence-electron chi connectivity index (χ0n) is 15.4. The van der Waals surface area contributed by atoms with Gasteiger partial charge in [-0.25, -0.2) is 4.68 Å². The van der Waals surface area contributed by atoms with Gasteiger partial charge in [-0.3, -0.25) is 0 Å². The van der Waals surface area contributed by atoms with Gasteiger partial charge in [0.15, 0.2) is 0 Å². The van der Waals surface area contributed by atoms with E-state index in [2.05, 4.69) is 0 Å². The molecular weight excluding hydrogens is 368 g/mol. The Morgan fingerprint density at radius 1 is 0.821 bits per heavy atom. The molecule has 4 rings (SSSR count). The van der Waals surface area contributed by atoms with Gasteiger partial charge >= 0.3 is 0 Å². The third kappa shape index (κ3) is 3.57. The summed E-state index contributed by atoms with van der Waals surface area (Å²) in [4.78, 5) is 0. The van der Waals surface area contributed by atoms with Gasteiger partial charge in [-0.1, -0.05) is 84.4 Å². The predicted octanol–water partition coefficient (Wildman–Crippen LogP) is 6.44. The largest absolute Gasteiger partial charge is 0.505 e. The lowest BCUT2D eigenvalue weighted by Gasteiger charge is -2.15. The molecule has 0 atom stereocenters. The minimum Gasteiger partial charge on any atom is -0.505 e. The Morgan fingerprint density at radius 3 is 2.00 bits per heavy atom. The maximum atomic E-state index is 11.2. The van der Waals surface area contributed by atoms with E-state index in [4.69, 9.17) is 16.7 Å². The number of aliphatic hydroxyl groups excluding tert-OH is 1. The first-order valence-electron chi connectivity index (χ1n) is 9.00. The van der Waals surface area contributed by atoms with Crippen molar-refractivity contribution in [1.82, 2.24) is 9.78 Å². The number of rotatable bonds is 4. The van der Waals surface area contributed by atoms with Crippen molar-refractivity contribution in [2.24, 2.45) is 0 Å². The van der Waals surface area contributed by atoms with Crippen LogP contribution < -0.4 is 0 Å². The molecule has 1 heterocycles. The summed E-state index contributed by atoms with van der Waals surface area (Å²) in [5, 5.41) is 16.6. The van der Waals surface area contributed by atoms with E-state index in [0.29, 0.717) is 10.7 Å². The highest BCUT2D eigenvalue weighted by Gasteiger charge is 2.18. The summed E-state index contributed by atoms with van der Waals surface area (Å²) in [6.45, 7) is 1.94. The maximum Gasteiger partial charge on any atom is 0.149 e. The molecule has 0 fully saturated rings. The Bertz CT molecular complexity index is 1110. The first kappa shape index (κ1) is 18.1. The molecule has 0 aliphatic carbocycles. The fourth-order valence-corrected chi connectivity index (χ4v) is 3.31. The summed E-state index contributed by atoms with van der Waals surface area (Å²) >= 11 is 6.06. The van der Waals surface area contributed by atoms with Crippen LogP contribution in [0.5, 0.6) is 0 Å². The van der Waals surface area contributed by atoms with E-state index in [0.717, 1.165) is 28.1 Å². The van der Waals surface area contributed by atoms with Crippen molar-refractivity contribution >= 4 is 23.1 Å². The Balaban J connectivity index is 1.98. The van der Waals surface area contributed by atoms with E-state index in [1.165, 1.54) is 0 Å². The lowest BCUT2D eigenvalue weighted by molar-refractivity contribution is 0.510. The predicted molar refractivity (Wildman–Crippen MR) is 115 cm³/mol. The first-order valence-corrected chi connectivity index (χ1v) is 9.38. The lowest BCUT2D eigenvalue weighted by Crippen LogP contribution is -2.06. The lowest BCUT2D eigenvalue weighted by atomic mass is 10.1. The quantitative estimate of drug-likeness (QED) is 0.323. The number of hydrogen-bond donors (Lipinski definition) is 1. The summed E-state index contributed by atoms with van der Waals surface area (Å²) in [6, 6.07) is 28.9. The molecule has 0 amide bonds. The molecule has 0 unspecified atom stereocenters. The molecule has 3 nitrogen and oxygen atoms in total. The monoisotopic (exact) mass is 386 g/mol. The van der Waals surface area contributed by atoms with Gasteiger partial charge in [-0.15, -0.1) is 0 Å². The standard InChI is InChI=1S/C24H19ClN2O/c1-17-16-22(18-12-14-21(25)15-13-18)27(26-17)23(19-8-4-2-5-9-19)24(28)20-10-6-3-7-11-20/h2-16,28H,1H3/b24-23+. The van der Waals surface area contributed by atoms with E-state index < -0.39 is 0 Å². The number of nitrogens with zero attached hydrogens (tertiary/aromatic N) is 2. The van der Waals surface area contributed by atoms with Crippen LogP contribution in [0.3, 0.4) is 0 Å². The van der Waals surface area contributed by atoms with Crippen LogP contribution in [0.1, 0.15) is 16.8 Å². The molecule has 3 aromatic carbocycles. The molecule has 138 valence electrons. The van der Waals surface area contributed by atoms with Gasteiger partial charge in [0, 0.05) is 21.7 Å². The van der Waals surface area contributed by atoms with E-state index in [-0.39, 0.29) is 5.76 Å². The fourth-order valence-electron chi connectivity index (χ4n) is 3.18. The highest BCUT2D eigenvalue weighted by atomic mass is 35.5. The van der Waals surface area contributed by atoms with E-state index in [1.54, 1.807) is 4.68 Å². The molecule has 0 aliphatic rings. The summed E-state index contributed by atoms with van der Waals surface area (Å²) < 4.78 is 1.80. The number of aliphatic hydroxyl groups is 1. The summed E-state index contributed by atoms with van der Waals surface area (Å²) in [5.74, 6) is 0.171. The summed E-state index contributed by atoms with van der Waals surface area (Å²) in [6.07, 6.45) is 0. The third-order valence-electron chi connectivity index (χ3n) is 4.50. The van der Waals surface area contributed by atoms with Gasteiger partial charge in [-0.05, 0) is 25.1 Å². The number of aryl methyl sites for hydroxylation is 1. The number of aromatic nitrogens is 2. The second kappa shape index (κ2) is 7.75. The fraction of sp³-hybridized carbons (Fsp3) is 0.0417. The van der Waals surface area contributed by atoms with Crippen molar-refractivity contribution < 1.29 is 5.11 Å². The van der Waals surface area contributed by atoms with Crippen LogP contribution in [0.15, 0.2) is 91.0 Å². The Hall–Kier alpha value is -3.30. The van der Waals surface area contributed by atoms with Crippen molar-refractivity contribution in [1.29, 1.82) is 0 Å². The van der Waals surface area contributed by atoms with Crippen LogP contribution in [-0.4, -0.2) is 14.9 Å². The Labute approximate surface area is 169 Å². The second-order valence-electron chi connectivity index (χ2n) is 6.52. The molecule has 1 aromatic heterocycles. The Morgan fingerprint density at radius 2 is 1.39 bits per heavy atom. The van der Waals surface area contributed by atoms with E-state index >= 15 is 0 Å². The molecular formula is C24H19ClN2O. The van der Waals surface area contributed by atoms with Gasteiger partial charge in [0.05, 0.1) is 11.4 Å². The highest BCUT2D eigenvalue weighted by molar-refractivity contribution is 6.30. The van der Waals surface area contributed by atoms with Crippen LogP contribution in [0.4, 0.5) is 0 Å². The zero-order chi connectivity index (χ0) is 19.5. The second-order valence-corrected chi connectivity index (χ2v) is 6.96. The normalized spacial score (nSPS) is 11.9. The van der Waals surface area contributed by atoms with Gasteiger partial charge in [0.25, 0.3) is 0 Å². The van der Waals surface area contributed by atoms with Crippen molar-refractivity contribution in [2.75, 3.05) is 0 Å². The van der Waals surface area contributed by atoms with Gasteiger partial charge in [0.2, 0.25) is 0 Å². The Kier molecular flexibility index (Phi) is 5.00. The van der Waals surface area contributed by atoms with Gasteiger partial charge in [0.1, 0.15) is 11.5 Å². The average Bonchev–Trinajstić information content (AvgIpc) is 3.11. The molecule has 0 radical (unpaired) electrons. The topological polar surface area (TPSA) is 38.0 Å². The first-order chi connectivity index (χ1) is 13.6. The molecule has 4 heteroatoms. The van der Waals surface area contributed by atoms with Gasteiger partial charge < -0.3 is 5.11 Å². The average molecular weight is 387 g/mol. The van der Waals surface area contributed by atoms with Crippen LogP contribution in [0.25, 0.3) is 22.7 Å². The van der Waals surface area contributed by atoms with Crippen molar-refractivity contribution in [3.05, 3.63) is 113 Å². The van der Waals surface area contributed by atoms with Crippen LogP contribution in [-0.2, 0) is 0 Å². The molecule has 0 spiro atoms. The number of benzene rings is 3.